The Morgan fingerprint density at radius 3 is 2.55 bits per heavy atom. The lowest BCUT2D eigenvalue weighted by atomic mass is 10.4. The maximum absolute atomic E-state index is 9.80. The molecule has 20 heavy (non-hydrogen) atoms. The van der Waals surface area contributed by atoms with Crippen molar-refractivity contribution in [1.82, 2.24) is 10.6 Å². The Labute approximate surface area is 139 Å². The molecule has 1 atom stereocenters. The molecule has 0 spiro atoms. The predicted molar refractivity (Wildman–Crippen MR) is 91.7 cm³/mol. The summed E-state index contributed by atoms with van der Waals surface area (Å²) in [5.74, 6) is 2.36. The zero-order valence-electron chi connectivity index (χ0n) is 12.3. The Morgan fingerprint density at radius 2 is 1.95 bits per heavy atom. The van der Waals surface area contributed by atoms with Crippen LogP contribution in [-0.4, -0.2) is 50.0 Å². The van der Waals surface area contributed by atoms with Gasteiger partial charge in [-0.2, -0.15) is 0 Å². The summed E-state index contributed by atoms with van der Waals surface area (Å²) < 4.78 is 5.46. The third-order valence-corrected chi connectivity index (χ3v) is 3.42. The molecule has 118 valence electrons. The first-order valence-corrected chi connectivity index (χ1v) is 7.56. The first kappa shape index (κ1) is 18.0. The van der Waals surface area contributed by atoms with Crippen molar-refractivity contribution >= 4 is 29.9 Å². The van der Waals surface area contributed by atoms with Gasteiger partial charge in [-0.15, -0.1) is 24.0 Å². The van der Waals surface area contributed by atoms with Crippen LogP contribution in [0.25, 0.3) is 0 Å². The molecule has 1 unspecified atom stereocenters. The number of hydrogen-bond donors (Lipinski definition) is 3. The van der Waals surface area contributed by atoms with Gasteiger partial charge in [-0.3, -0.25) is 4.99 Å². The number of aliphatic hydroxyl groups excluding tert-OH is 1. The van der Waals surface area contributed by atoms with E-state index in [2.05, 4.69) is 15.6 Å². The Bertz CT molecular complexity index is 294. The summed E-state index contributed by atoms with van der Waals surface area (Å²) in [6.45, 7) is 5.45. The average Bonchev–Trinajstić information content (AvgIpc) is 3.26. The van der Waals surface area contributed by atoms with Gasteiger partial charge < -0.3 is 20.5 Å². The molecule has 2 rings (SSSR count). The second-order valence-electron chi connectivity index (χ2n) is 5.68. The highest BCUT2D eigenvalue weighted by atomic mass is 127. The zero-order valence-corrected chi connectivity index (χ0v) is 14.6. The van der Waals surface area contributed by atoms with Crippen molar-refractivity contribution in [2.45, 2.75) is 38.7 Å². The van der Waals surface area contributed by atoms with E-state index in [9.17, 15) is 5.11 Å². The standard InChI is InChI=1S/C14H27N3O2.HI/c1-2-15-14(16-7-11-3-4-11)17-8-13(18)10-19-9-12-5-6-12;/h11-13,18H,2-10H2,1H3,(H2,15,16,17);1H. The number of ether oxygens (including phenoxy) is 1. The van der Waals surface area contributed by atoms with Crippen LogP contribution in [0.15, 0.2) is 4.99 Å². The van der Waals surface area contributed by atoms with Crippen molar-refractivity contribution in [3.63, 3.8) is 0 Å². The molecule has 0 aromatic carbocycles. The molecule has 2 saturated carbocycles. The SMILES string of the molecule is CCNC(=NCC(O)COCC1CC1)NCC1CC1.I. The molecule has 0 radical (unpaired) electrons. The molecule has 6 heteroatoms. The van der Waals surface area contributed by atoms with Gasteiger partial charge in [-0.1, -0.05) is 0 Å². The molecular weight excluding hydrogens is 369 g/mol. The number of aliphatic imine (C=N–C) groups is 1. The molecule has 2 fully saturated rings. The van der Waals surface area contributed by atoms with Gasteiger partial charge in [0.15, 0.2) is 5.96 Å². The molecule has 0 bridgehead atoms. The van der Waals surface area contributed by atoms with Crippen molar-refractivity contribution in [2.24, 2.45) is 16.8 Å². The maximum atomic E-state index is 9.80. The predicted octanol–water partition coefficient (Wildman–Crippen LogP) is 1.36. The van der Waals surface area contributed by atoms with E-state index in [-0.39, 0.29) is 24.0 Å². The molecule has 2 aliphatic rings. The number of hydrogen-bond acceptors (Lipinski definition) is 3. The van der Waals surface area contributed by atoms with Gasteiger partial charge in [-0.25, -0.2) is 0 Å². The molecule has 0 heterocycles. The van der Waals surface area contributed by atoms with Gasteiger partial charge in [0.2, 0.25) is 0 Å². The van der Waals surface area contributed by atoms with Crippen LogP contribution < -0.4 is 10.6 Å². The van der Waals surface area contributed by atoms with Crippen LogP contribution >= 0.6 is 24.0 Å². The minimum Gasteiger partial charge on any atom is -0.389 e. The van der Waals surface area contributed by atoms with Crippen molar-refractivity contribution < 1.29 is 9.84 Å². The Kier molecular flexibility index (Phi) is 8.79. The minimum atomic E-state index is -0.505. The fourth-order valence-electron chi connectivity index (χ4n) is 1.81. The second-order valence-corrected chi connectivity index (χ2v) is 5.68. The summed E-state index contributed by atoms with van der Waals surface area (Å²) in [6, 6.07) is 0. The maximum Gasteiger partial charge on any atom is 0.191 e. The number of aliphatic hydroxyl groups is 1. The first-order valence-electron chi connectivity index (χ1n) is 7.56. The van der Waals surface area contributed by atoms with Crippen LogP contribution in [0.4, 0.5) is 0 Å². The molecule has 0 amide bonds. The molecular formula is C14H28IN3O2. The third kappa shape index (κ3) is 8.26. The van der Waals surface area contributed by atoms with E-state index in [1.54, 1.807) is 0 Å². The first-order chi connectivity index (χ1) is 9.28. The van der Waals surface area contributed by atoms with E-state index in [0.717, 1.165) is 37.5 Å². The van der Waals surface area contributed by atoms with E-state index < -0.39 is 6.10 Å². The number of nitrogens with zero attached hydrogens (tertiary/aromatic N) is 1. The summed E-state index contributed by atoms with van der Waals surface area (Å²) >= 11 is 0. The van der Waals surface area contributed by atoms with Crippen LogP contribution in [0.3, 0.4) is 0 Å². The van der Waals surface area contributed by atoms with Gasteiger partial charge in [-0.05, 0) is 44.4 Å². The van der Waals surface area contributed by atoms with Gasteiger partial charge >= 0.3 is 0 Å². The van der Waals surface area contributed by atoms with Crippen LogP contribution in [-0.2, 0) is 4.74 Å². The largest absolute Gasteiger partial charge is 0.389 e. The fraction of sp³-hybridized carbons (Fsp3) is 0.929. The summed E-state index contributed by atoms with van der Waals surface area (Å²) in [5.41, 5.74) is 0. The van der Waals surface area contributed by atoms with Crippen molar-refractivity contribution in [2.75, 3.05) is 32.8 Å². The average molecular weight is 397 g/mol. The molecule has 0 aliphatic heterocycles. The Balaban J connectivity index is 0.00000200. The summed E-state index contributed by atoms with van der Waals surface area (Å²) in [7, 11) is 0. The highest BCUT2D eigenvalue weighted by Gasteiger charge is 2.22. The monoisotopic (exact) mass is 397 g/mol. The highest BCUT2D eigenvalue weighted by Crippen LogP contribution is 2.28. The van der Waals surface area contributed by atoms with Gasteiger partial charge in [0.05, 0.1) is 19.3 Å². The summed E-state index contributed by atoms with van der Waals surface area (Å²) in [6.07, 6.45) is 4.71. The van der Waals surface area contributed by atoms with Crippen LogP contribution in [0, 0.1) is 11.8 Å². The highest BCUT2D eigenvalue weighted by molar-refractivity contribution is 14.0. The molecule has 0 aromatic heterocycles. The molecule has 2 aliphatic carbocycles. The van der Waals surface area contributed by atoms with Crippen LogP contribution in [0.1, 0.15) is 32.6 Å². The number of guanidine groups is 1. The van der Waals surface area contributed by atoms with Gasteiger partial charge in [0.1, 0.15) is 0 Å². The topological polar surface area (TPSA) is 65.9 Å². The van der Waals surface area contributed by atoms with E-state index in [1.807, 2.05) is 6.92 Å². The zero-order chi connectivity index (χ0) is 13.5. The Morgan fingerprint density at radius 1 is 1.25 bits per heavy atom. The van der Waals surface area contributed by atoms with Gasteiger partial charge in [0.25, 0.3) is 0 Å². The lowest BCUT2D eigenvalue weighted by molar-refractivity contribution is 0.0368. The van der Waals surface area contributed by atoms with Crippen LogP contribution in [0.5, 0.6) is 0 Å². The number of halogens is 1. The fourth-order valence-corrected chi connectivity index (χ4v) is 1.81. The Hall–Kier alpha value is -0.0800. The quantitative estimate of drug-likeness (QED) is 0.312. The normalized spacial score (nSPS) is 20.2. The van der Waals surface area contributed by atoms with Crippen molar-refractivity contribution in [3.8, 4) is 0 Å². The number of nitrogens with one attached hydrogen (secondary N) is 2. The van der Waals surface area contributed by atoms with E-state index in [0.29, 0.717) is 13.2 Å². The summed E-state index contributed by atoms with van der Waals surface area (Å²) in [4.78, 5) is 4.39. The summed E-state index contributed by atoms with van der Waals surface area (Å²) in [5, 5.41) is 16.3. The van der Waals surface area contributed by atoms with E-state index in [4.69, 9.17) is 4.74 Å². The van der Waals surface area contributed by atoms with Gasteiger partial charge in [0, 0.05) is 19.7 Å². The van der Waals surface area contributed by atoms with Crippen molar-refractivity contribution in [3.05, 3.63) is 0 Å². The lowest BCUT2D eigenvalue weighted by Crippen LogP contribution is -2.39. The van der Waals surface area contributed by atoms with Crippen LogP contribution in [0.2, 0.25) is 0 Å². The lowest BCUT2D eigenvalue weighted by Gasteiger charge is -2.13. The molecule has 5 nitrogen and oxygen atoms in total. The second kappa shape index (κ2) is 9.78. The molecule has 0 aromatic rings. The minimum absolute atomic E-state index is 0. The molecule has 3 N–H and O–H groups in total. The van der Waals surface area contributed by atoms with E-state index >= 15 is 0 Å². The molecule has 0 saturated heterocycles. The number of rotatable bonds is 9. The third-order valence-electron chi connectivity index (χ3n) is 3.42. The van der Waals surface area contributed by atoms with E-state index in [1.165, 1.54) is 25.7 Å². The van der Waals surface area contributed by atoms with Crippen molar-refractivity contribution in [1.29, 1.82) is 0 Å². The smallest absolute Gasteiger partial charge is 0.191 e.